The molecule has 87 heavy (non-hydrogen) atoms. The summed E-state index contributed by atoms with van der Waals surface area (Å²) in [6.07, 6.45) is 94.5. The Morgan fingerprint density at radius 1 is 0.379 bits per heavy atom. The number of aliphatic hydroxyl groups is 1. The van der Waals surface area contributed by atoms with Gasteiger partial charge in [0, 0.05) is 6.42 Å². The van der Waals surface area contributed by atoms with Crippen molar-refractivity contribution in [1.29, 1.82) is 0 Å². The van der Waals surface area contributed by atoms with Crippen LogP contribution in [0.2, 0.25) is 0 Å². The molecule has 0 aliphatic carbocycles. The number of amides is 1. The van der Waals surface area contributed by atoms with Crippen molar-refractivity contribution in [2.24, 2.45) is 0 Å². The predicted octanol–water partition coefficient (Wildman–Crippen LogP) is 25.0. The molecule has 9 heteroatoms. The predicted molar refractivity (Wildman–Crippen MR) is 383 cm³/mol. The van der Waals surface area contributed by atoms with Gasteiger partial charge in [0.2, 0.25) is 5.91 Å². The van der Waals surface area contributed by atoms with Gasteiger partial charge in [0.15, 0.2) is 0 Å². The second-order valence-electron chi connectivity index (χ2n) is 27.7. The highest BCUT2D eigenvalue weighted by Gasteiger charge is 2.28. The van der Waals surface area contributed by atoms with Gasteiger partial charge in [0.25, 0.3) is 0 Å². The molecule has 0 saturated carbocycles. The van der Waals surface area contributed by atoms with Crippen LogP contribution in [0.15, 0.2) is 48.6 Å². The van der Waals surface area contributed by atoms with Crippen LogP contribution >= 0.6 is 7.82 Å². The normalized spacial score (nSPS) is 13.8. The summed E-state index contributed by atoms with van der Waals surface area (Å²) in [6.45, 7) is 4.84. The quantitative estimate of drug-likeness (QED) is 0.0243. The molecule has 0 aromatic rings. The fourth-order valence-corrected chi connectivity index (χ4v) is 12.5. The molecule has 0 bridgehead atoms. The van der Waals surface area contributed by atoms with E-state index in [-0.39, 0.29) is 19.1 Å². The molecule has 0 spiro atoms. The van der Waals surface area contributed by atoms with E-state index >= 15 is 0 Å². The van der Waals surface area contributed by atoms with Crippen LogP contribution in [0, 0.1) is 0 Å². The largest absolute Gasteiger partial charge is 0.472 e. The number of carbonyl (C=O) groups is 1. The first-order valence-electron chi connectivity index (χ1n) is 38.5. The van der Waals surface area contributed by atoms with Crippen molar-refractivity contribution in [3.8, 4) is 0 Å². The molecule has 3 unspecified atom stereocenters. The van der Waals surface area contributed by atoms with Crippen LogP contribution in [0.5, 0.6) is 0 Å². The summed E-state index contributed by atoms with van der Waals surface area (Å²) in [5, 5.41) is 14.0. The molecule has 0 fully saturated rings. The minimum atomic E-state index is -4.37. The Bertz CT molecular complexity index is 1560. The van der Waals surface area contributed by atoms with E-state index in [0.717, 1.165) is 44.9 Å². The monoisotopic (exact) mass is 1240 g/mol. The standard InChI is InChI=1S/C78H151N2O6P/c1-6-8-10-12-14-16-18-20-22-24-26-28-30-32-33-34-35-36-37-38-39-40-41-42-43-44-45-46-47-48-50-52-54-56-58-60-62-64-66-68-70-72-78(82)79-76(75-86-87(83,84)85-74-73-80(3,4)5)77(81)71-69-67-65-63-61-59-57-55-53-51-49-31-29-27-25-23-21-19-17-15-13-11-9-7-2/h24,26,53,55,61,63,69,71,76-77,81H,6-23,25,27-52,54,56-60,62,64-68,70,72-75H2,1-5H3,(H-,79,82,83,84)/p+1/b26-24-,55-53+,63-61+,71-69+. The van der Waals surface area contributed by atoms with Crippen molar-refractivity contribution < 1.29 is 32.9 Å². The van der Waals surface area contributed by atoms with Crippen molar-refractivity contribution in [1.82, 2.24) is 5.32 Å². The molecular formula is C78H152N2O6P+. The van der Waals surface area contributed by atoms with Crippen LogP contribution in [0.25, 0.3) is 0 Å². The van der Waals surface area contributed by atoms with E-state index in [9.17, 15) is 19.4 Å². The van der Waals surface area contributed by atoms with Crippen molar-refractivity contribution in [3.63, 3.8) is 0 Å². The summed E-state index contributed by atoms with van der Waals surface area (Å²) in [5.74, 6) is -0.183. The third-order valence-electron chi connectivity index (χ3n) is 17.7. The van der Waals surface area contributed by atoms with Crippen LogP contribution in [0.3, 0.4) is 0 Å². The number of quaternary nitrogens is 1. The topological polar surface area (TPSA) is 105 Å². The first kappa shape index (κ1) is 85.5. The average Bonchev–Trinajstić information content (AvgIpc) is 3.71. The van der Waals surface area contributed by atoms with Gasteiger partial charge in [-0.25, -0.2) is 4.57 Å². The van der Waals surface area contributed by atoms with E-state index in [4.69, 9.17) is 9.05 Å². The van der Waals surface area contributed by atoms with Gasteiger partial charge in [-0.3, -0.25) is 13.8 Å². The lowest BCUT2D eigenvalue weighted by Crippen LogP contribution is -2.45. The van der Waals surface area contributed by atoms with Gasteiger partial charge in [-0.15, -0.1) is 0 Å². The Labute approximate surface area is 543 Å². The molecule has 0 aliphatic rings. The number of allylic oxidation sites excluding steroid dienone is 7. The highest BCUT2D eigenvalue weighted by atomic mass is 31.2. The Morgan fingerprint density at radius 3 is 0.920 bits per heavy atom. The number of unbranched alkanes of at least 4 members (excludes halogenated alkanes) is 53. The third kappa shape index (κ3) is 71.8. The molecule has 8 nitrogen and oxygen atoms in total. The molecule has 0 saturated heterocycles. The summed E-state index contributed by atoms with van der Waals surface area (Å²) >= 11 is 0. The zero-order valence-corrected chi connectivity index (χ0v) is 59.9. The lowest BCUT2D eigenvalue weighted by molar-refractivity contribution is -0.870. The van der Waals surface area contributed by atoms with E-state index < -0.39 is 20.0 Å². The molecule has 1 amide bonds. The molecule has 3 N–H and O–H groups in total. The number of nitrogens with one attached hydrogen (secondary N) is 1. The van der Waals surface area contributed by atoms with E-state index in [0.29, 0.717) is 17.4 Å². The minimum absolute atomic E-state index is 0.0549. The summed E-state index contributed by atoms with van der Waals surface area (Å²) in [6, 6.07) is -0.871. The number of aliphatic hydroxyl groups excluding tert-OH is 1. The van der Waals surface area contributed by atoms with Crippen molar-refractivity contribution in [2.75, 3.05) is 40.9 Å². The maximum absolute atomic E-state index is 13.1. The molecular weight excluding hydrogens is 1090 g/mol. The molecule has 0 aliphatic heterocycles. The number of phosphoric ester groups is 1. The van der Waals surface area contributed by atoms with Crippen LogP contribution in [-0.2, 0) is 18.4 Å². The first-order valence-corrected chi connectivity index (χ1v) is 40.0. The molecule has 0 heterocycles. The number of hydrogen-bond acceptors (Lipinski definition) is 5. The van der Waals surface area contributed by atoms with E-state index in [1.54, 1.807) is 6.08 Å². The summed E-state index contributed by atoms with van der Waals surface area (Å²) in [5.41, 5.74) is 0. The van der Waals surface area contributed by atoms with Crippen LogP contribution in [0.1, 0.15) is 393 Å². The van der Waals surface area contributed by atoms with Crippen molar-refractivity contribution in [3.05, 3.63) is 48.6 Å². The maximum atomic E-state index is 13.1. The fraction of sp³-hybridized carbons (Fsp3) is 0.885. The summed E-state index contributed by atoms with van der Waals surface area (Å²) < 4.78 is 23.8. The number of rotatable bonds is 72. The van der Waals surface area contributed by atoms with Gasteiger partial charge in [0.1, 0.15) is 13.2 Å². The zero-order chi connectivity index (χ0) is 63.4. The van der Waals surface area contributed by atoms with Gasteiger partial charge in [-0.1, -0.05) is 364 Å². The maximum Gasteiger partial charge on any atom is 0.472 e. The SMILES string of the molecule is CCCCCCCCCC/C=C\CCCCCCCCCCCCCCCCCCCCCCCCCCCCCCCC(=O)NC(COP(=O)(O)OCC[N+](C)(C)C)C(O)/C=C/CC/C=C/CC/C=C/CCCCCCCCCCCCCCCC. The Hall–Kier alpha value is -1.54. The highest BCUT2D eigenvalue weighted by Crippen LogP contribution is 2.43. The molecule has 0 aromatic carbocycles. The third-order valence-corrected chi connectivity index (χ3v) is 18.7. The second-order valence-corrected chi connectivity index (χ2v) is 29.2. The second kappa shape index (κ2) is 68.8. The smallest absolute Gasteiger partial charge is 0.387 e. The van der Waals surface area contributed by atoms with Gasteiger partial charge in [-0.05, 0) is 70.6 Å². The molecule has 3 atom stereocenters. The fourth-order valence-electron chi connectivity index (χ4n) is 11.8. The van der Waals surface area contributed by atoms with Gasteiger partial charge in [0.05, 0.1) is 39.9 Å². The van der Waals surface area contributed by atoms with Gasteiger partial charge in [-0.2, -0.15) is 0 Å². The summed E-state index contributed by atoms with van der Waals surface area (Å²) in [7, 11) is 1.56. The number of likely N-dealkylation sites (N-methyl/N-ethyl adjacent to an activating group) is 1. The van der Waals surface area contributed by atoms with Crippen LogP contribution in [-0.4, -0.2) is 73.4 Å². The van der Waals surface area contributed by atoms with E-state index in [2.05, 4.69) is 55.6 Å². The number of phosphoric acid groups is 1. The van der Waals surface area contributed by atoms with Gasteiger partial charge >= 0.3 is 7.82 Å². The Balaban J connectivity index is 3.94. The summed E-state index contributed by atoms with van der Waals surface area (Å²) in [4.78, 5) is 23.4. The minimum Gasteiger partial charge on any atom is -0.387 e. The number of nitrogens with zero attached hydrogens (tertiary/aromatic N) is 1. The molecule has 0 aromatic heterocycles. The van der Waals surface area contributed by atoms with Crippen molar-refractivity contribution >= 4 is 13.7 Å². The molecule has 0 radical (unpaired) electrons. The average molecular weight is 1250 g/mol. The Kier molecular flexibility index (Phi) is 67.6. The lowest BCUT2D eigenvalue weighted by atomic mass is 10.0. The highest BCUT2D eigenvalue weighted by molar-refractivity contribution is 7.47. The van der Waals surface area contributed by atoms with E-state index in [1.807, 2.05) is 27.2 Å². The van der Waals surface area contributed by atoms with Crippen LogP contribution in [0.4, 0.5) is 0 Å². The first-order chi connectivity index (χ1) is 42.5. The zero-order valence-electron chi connectivity index (χ0n) is 59.0. The molecule has 0 rings (SSSR count). The van der Waals surface area contributed by atoms with Gasteiger partial charge < -0.3 is 19.8 Å². The Morgan fingerprint density at radius 2 is 0.632 bits per heavy atom. The van der Waals surface area contributed by atoms with Crippen LogP contribution < -0.4 is 5.32 Å². The molecule has 514 valence electrons. The number of hydrogen-bond donors (Lipinski definition) is 3. The number of carbonyl (C=O) groups excluding carboxylic acids is 1. The lowest BCUT2D eigenvalue weighted by Gasteiger charge is -2.25. The van der Waals surface area contributed by atoms with E-state index in [1.165, 1.54) is 327 Å². The van der Waals surface area contributed by atoms with Crippen molar-refractivity contribution in [2.45, 2.75) is 405 Å².